The summed E-state index contributed by atoms with van der Waals surface area (Å²) >= 11 is 0. The molecule has 5 aliphatic rings. The van der Waals surface area contributed by atoms with Crippen LogP contribution in [-0.4, -0.2) is 55.0 Å². The molecule has 510 valence electrons. The fourth-order valence-corrected chi connectivity index (χ4v) is 41.4. The van der Waals surface area contributed by atoms with Crippen molar-refractivity contribution in [3.8, 4) is 0 Å². The Balaban J connectivity index is 0.650. The minimum absolute atomic E-state index is 0.142. The van der Waals surface area contributed by atoms with Gasteiger partial charge in [-0.1, -0.05) is 163 Å². The second-order valence-electron chi connectivity index (χ2n) is 38.7. The average Bonchev–Trinajstić information content (AvgIpc) is 1.35. The van der Waals surface area contributed by atoms with E-state index in [9.17, 15) is 0 Å². The van der Waals surface area contributed by atoms with Gasteiger partial charge in [0.05, 0.1) is 24.0 Å². The van der Waals surface area contributed by atoms with Crippen LogP contribution in [0.5, 0.6) is 0 Å². The maximum Gasteiger partial charge on any atom is 0.326 e. The van der Waals surface area contributed by atoms with Crippen molar-refractivity contribution in [2.45, 2.75) is 88.1 Å². The van der Waals surface area contributed by atoms with Crippen LogP contribution in [0.4, 0.5) is 0 Å². The Labute approximate surface area is 627 Å². The van der Waals surface area contributed by atoms with E-state index < -0.39 is 44.8 Å². The van der Waals surface area contributed by atoms with Crippen molar-refractivity contribution >= 4 is 340 Å². The van der Waals surface area contributed by atoms with E-state index >= 15 is 9.59 Å². The van der Waals surface area contributed by atoms with Gasteiger partial charge < -0.3 is 18.3 Å². The highest BCUT2D eigenvalue weighted by Crippen LogP contribution is 2.97. The second kappa shape index (κ2) is 14.5. The van der Waals surface area contributed by atoms with Crippen LogP contribution in [-0.2, 0) is 38.7 Å². The first-order valence-electron chi connectivity index (χ1n) is 41.0. The number of unbranched alkanes of at least 4 members (excludes halogenated alkanes) is 2. The molecule has 0 atom stereocenters. The van der Waals surface area contributed by atoms with E-state index in [-0.39, 0.29) is 23.3 Å². The molecular formula is C103H54O6Si2. The molecule has 0 bridgehead atoms. The van der Waals surface area contributed by atoms with E-state index in [0.29, 0.717) is 38.9 Å². The first-order chi connectivity index (χ1) is 54.4. The van der Waals surface area contributed by atoms with Gasteiger partial charge in [-0.25, -0.2) is 0 Å². The highest BCUT2D eigenvalue weighted by molar-refractivity contribution is 7.00. The van der Waals surface area contributed by atoms with Gasteiger partial charge in [-0.3, -0.25) is 9.59 Å². The fraction of sp³-hybridized carbons (Fsp3) is 0.184. The third-order valence-corrected chi connectivity index (χ3v) is 44.1. The van der Waals surface area contributed by atoms with Crippen LogP contribution < -0.4 is 20.7 Å². The highest BCUT2D eigenvalue weighted by Gasteiger charge is 3.01. The summed E-state index contributed by atoms with van der Waals surface area (Å²) in [6, 6.07) is 43.7. The largest absolute Gasteiger partial charge is 0.465 e. The summed E-state index contributed by atoms with van der Waals surface area (Å²) in [4.78, 5) is 36.8. The van der Waals surface area contributed by atoms with Gasteiger partial charge >= 0.3 is 11.9 Å². The van der Waals surface area contributed by atoms with Gasteiger partial charge in [-0.2, -0.15) is 0 Å². The predicted octanol–water partition coefficient (Wildman–Crippen LogP) is 23.1. The molecule has 0 radical (unpaired) electrons. The highest BCUT2D eigenvalue weighted by atomic mass is 28.4. The molecule has 32 aromatic carbocycles. The zero-order valence-corrected chi connectivity index (χ0v) is 63.2. The molecule has 0 N–H and O–H groups in total. The van der Waals surface area contributed by atoms with Crippen molar-refractivity contribution < 1.29 is 27.9 Å². The second-order valence-corrected chi connectivity index (χ2v) is 47.3. The van der Waals surface area contributed by atoms with Crippen LogP contribution in [0.1, 0.15) is 89.5 Å². The lowest BCUT2D eigenvalue weighted by atomic mass is 9.68. The predicted molar refractivity (Wildman–Crippen MR) is 464 cm³/mol. The monoisotopic (exact) mass is 1440 g/mol. The first kappa shape index (κ1) is 53.5. The SMILES string of the molecule is CC(C)(C)[Si](OCCCCOC(=O)C1(C(=O)OCCCCO[Si](c2ccccc2)(c2ccccc2)C(C)(C)C)C23c4c5c6c7c8c9c(c%10c%11c2c2c4c4c%12c5c5c6c6c8c8c%13c9c9c%10c%10c%11c%11c2c2c4c4c%12c%12c5c5c6c8c6c8c%13c9c9c%10c%10c%11c2c2c4c4c%12c5c6c5c8c9c%10c2c45)C713)(c1ccccc1)c1ccccc1. The third-order valence-electron chi connectivity index (χ3n) is 34.0. The fourth-order valence-electron chi connectivity index (χ4n) is 32.2. The van der Waals surface area contributed by atoms with Gasteiger partial charge in [0.25, 0.3) is 16.6 Å². The van der Waals surface area contributed by atoms with Gasteiger partial charge in [0.15, 0.2) is 5.41 Å². The summed E-state index contributed by atoms with van der Waals surface area (Å²) in [6.45, 7) is 15.3. The smallest absolute Gasteiger partial charge is 0.326 e. The molecule has 5 aliphatic carbocycles. The molecule has 0 amide bonds. The maximum atomic E-state index is 18.4. The Morgan fingerprint density at radius 3 is 0.550 bits per heavy atom. The quantitative estimate of drug-likeness (QED) is 0.0280. The standard InChI is InChI=1S/C103H54O6Si2/c1-99(2,3)110(35-23-11-7-12-24-35,36-25-13-8-14-26-36)108-33-21-19-31-106-97(104)103(98(105)107-32-20-22-34-109-111(100(4,5)6,37-27-15-9-16-28-37)38-29-17-10-18-30-38)101-93-85-77-67-57-49-41-39-40-43-47-45(41)53-61-55(47)65-59-51(43)52-44(40)48-46-42(39)50(49)58-64-54(46)62-56(48)66-60(52)70-69(59)79-73(65)83-75(61)81(71(77)63(53)57)89(93)91(83)95-87(79)88-80(70)74(66)84-76(62)82-72(64)78(68(58)67)86(85)94(101)90(82)92(84)96(88)102(95,101)103/h7-18,23-30H,19-22,31-34H2,1-6H3. The minimum atomic E-state index is -2.90. The molecule has 0 aromatic heterocycles. The minimum Gasteiger partial charge on any atom is -0.465 e. The number of esters is 2. The Hall–Kier alpha value is -11.4. The number of ether oxygens (including phenoxy) is 2. The van der Waals surface area contributed by atoms with E-state index in [1.807, 2.05) is 0 Å². The van der Waals surface area contributed by atoms with Gasteiger partial charge in [-0.15, -0.1) is 0 Å². The number of carbonyl (C=O) groups is 2. The summed E-state index contributed by atoms with van der Waals surface area (Å²) in [7, 11) is -5.79. The molecule has 6 nitrogen and oxygen atoms in total. The van der Waals surface area contributed by atoms with Crippen molar-refractivity contribution in [1.82, 2.24) is 0 Å². The zero-order valence-electron chi connectivity index (χ0n) is 61.2. The van der Waals surface area contributed by atoms with Crippen LogP contribution in [0.3, 0.4) is 0 Å². The summed E-state index contributed by atoms with van der Waals surface area (Å²) in [5, 5.41) is 83.7. The molecule has 8 heteroatoms. The number of benzene rings is 22. The molecule has 1 fully saturated rings. The third kappa shape index (κ3) is 3.94. The summed E-state index contributed by atoms with van der Waals surface area (Å²) in [5.41, 5.74) is 0.734. The Morgan fingerprint density at radius 2 is 0.387 bits per heavy atom. The Kier molecular flexibility index (Phi) is 6.99. The van der Waals surface area contributed by atoms with Crippen molar-refractivity contribution in [3.63, 3.8) is 0 Å². The van der Waals surface area contributed by atoms with Crippen LogP contribution in [0.15, 0.2) is 121 Å². The van der Waals surface area contributed by atoms with Crippen molar-refractivity contribution in [1.29, 1.82) is 0 Å². The van der Waals surface area contributed by atoms with Gasteiger partial charge in [0.2, 0.25) is 0 Å². The number of hydrogen-bond donors (Lipinski definition) is 0. The molecule has 2 spiro atoms. The topological polar surface area (TPSA) is 71.1 Å². The van der Waals surface area contributed by atoms with Crippen LogP contribution in [0.25, 0.3) is 291 Å². The number of carbonyl (C=O) groups excluding carboxylic acids is 2. The molecule has 0 saturated heterocycles. The summed E-state index contributed by atoms with van der Waals surface area (Å²) in [5.74, 6) is -0.823. The van der Waals surface area contributed by atoms with E-state index in [2.05, 4.69) is 163 Å². The molecule has 37 rings (SSSR count). The molecule has 32 aromatic rings. The summed E-state index contributed by atoms with van der Waals surface area (Å²) < 4.78 is 30.2. The zero-order chi connectivity index (χ0) is 71.1. The van der Waals surface area contributed by atoms with E-state index in [1.54, 1.807) is 53.9 Å². The normalized spacial score (nSPS) is 17.6. The molecule has 0 heterocycles. The van der Waals surface area contributed by atoms with Crippen molar-refractivity contribution in [2.24, 2.45) is 5.41 Å². The van der Waals surface area contributed by atoms with Crippen LogP contribution in [0, 0.1) is 5.41 Å². The van der Waals surface area contributed by atoms with Crippen LogP contribution in [0.2, 0.25) is 10.1 Å². The number of hydrogen-bond acceptors (Lipinski definition) is 6. The summed E-state index contributed by atoms with van der Waals surface area (Å²) in [6.07, 6.45) is 2.47. The van der Waals surface area contributed by atoms with E-state index in [0.717, 1.165) is 0 Å². The lowest BCUT2D eigenvalue weighted by Crippen LogP contribution is -2.66. The average molecular weight is 1440 g/mol. The van der Waals surface area contributed by atoms with Crippen molar-refractivity contribution in [3.05, 3.63) is 144 Å². The lowest BCUT2D eigenvalue weighted by Gasteiger charge is -2.43. The first-order valence-corrected chi connectivity index (χ1v) is 44.8. The molecule has 0 aliphatic heterocycles. The van der Waals surface area contributed by atoms with E-state index in [1.165, 1.54) is 280 Å². The molecular weight excluding hydrogens is 1390 g/mol. The molecule has 1 saturated carbocycles. The van der Waals surface area contributed by atoms with Crippen molar-refractivity contribution in [2.75, 3.05) is 26.4 Å². The Bertz CT molecular complexity index is 8650. The van der Waals surface area contributed by atoms with Gasteiger partial charge in [0.1, 0.15) is 0 Å². The molecule has 111 heavy (non-hydrogen) atoms. The maximum absolute atomic E-state index is 18.4. The van der Waals surface area contributed by atoms with Gasteiger partial charge in [-0.05, 0) is 370 Å². The lowest BCUT2D eigenvalue weighted by molar-refractivity contribution is -0.166. The molecule has 0 unspecified atom stereocenters. The van der Waals surface area contributed by atoms with Gasteiger partial charge in [0, 0.05) is 13.2 Å². The number of rotatable bonds is 18. The Morgan fingerprint density at radius 1 is 0.234 bits per heavy atom. The van der Waals surface area contributed by atoms with Crippen LogP contribution >= 0.6 is 0 Å². The van der Waals surface area contributed by atoms with E-state index in [4.69, 9.17) is 18.3 Å².